The molecule has 2 rings (SSSR count). The zero-order valence-corrected chi connectivity index (χ0v) is 11.8. The molecule has 4 heteroatoms. The minimum atomic E-state index is 0.112. The van der Waals surface area contributed by atoms with Crippen LogP contribution in [0.2, 0.25) is 0 Å². The predicted octanol–water partition coefficient (Wildman–Crippen LogP) is 1.87. The fourth-order valence-electron chi connectivity index (χ4n) is 2.31. The minimum Gasteiger partial charge on any atom is -0.341 e. The van der Waals surface area contributed by atoms with Crippen molar-refractivity contribution in [1.82, 2.24) is 10.2 Å². The largest absolute Gasteiger partial charge is 0.341 e. The van der Waals surface area contributed by atoms with Gasteiger partial charge in [0.05, 0.1) is 6.04 Å². The van der Waals surface area contributed by atoms with Crippen molar-refractivity contribution in [1.29, 1.82) is 0 Å². The summed E-state index contributed by atoms with van der Waals surface area (Å²) in [5, 5.41) is 4.13. The molecule has 1 saturated heterocycles. The molecule has 1 N–H and O–H groups in total. The molecule has 0 bridgehead atoms. The lowest BCUT2D eigenvalue weighted by molar-refractivity contribution is -0.136. The summed E-state index contributed by atoms with van der Waals surface area (Å²) in [6.07, 6.45) is 7.96. The van der Waals surface area contributed by atoms with Gasteiger partial charge < -0.3 is 10.2 Å². The van der Waals surface area contributed by atoms with Gasteiger partial charge in [-0.15, -0.1) is 0 Å². The Kier molecular flexibility index (Phi) is 4.74. The molecule has 2 unspecified atom stereocenters. The van der Waals surface area contributed by atoms with Crippen LogP contribution in [0.4, 0.5) is 0 Å². The van der Waals surface area contributed by atoms with E-state index < -0.39 is 0 Å². The Balaban J connectivity index is 1.78. The maximum atomic E-state index is 12.2. The summed E-state index contributed by atoms with van der Waals surface area (Å²) in [7, 11) is 0. The van der Waals surface area contributed by atoms with E-state index in [9.17, 15) is 4.79 Å². The van der Waals surface area contributed by atoms with Crippen LogP contribution in [-0.2, 0) is 4.79 Å². The Morgan fingerprint density at radius 1 is 1.47 bits per heavy atom. The lowest BCUT2D eigenvalue weighted by atomic mass is 10.0. The first-order valence-electron chi connectivity index (χ1n) is 6.78. The van der Waals surface area contributed by atoms with E-state index >= 15 is 0 Å². The number of carbonyl (C=O) groups is 1. The number of nitrogens with zero attached hydrogens (tertiary/aromatic N) is 1. The predicted molar refractivity (Wildman–Crippen MR) is 73.4 cm³/mol. The number of thioether (sulfide) groups is 1. The first kappa shape index (κ1) is 13.2. The van der Waals surface area contributed by atoms with Gasteiger partial charge in [0.1, 0.15) is 0 Å². The molecule has 1 saturated carbocycles. The Bertz CT molecular complexity index is 268. The molecule has 3 nitrogen and oxygen atoms in total. The van der Waals surface area contributed by atoms with E-state index in [-0.39, 0.29) is 6.04 Å². The van der Waals surface area contributed by atoms with Crippen molar-refractivity contribution >= 4 is 17.7 Å². The van der Waals surface area contributed by atoms with Crippen LogP contribution in [0.25, 0.3) is 0 Å². The summed E-state index contributed by atoms with van der Waals surface area (Å²) >= 11 is 1.88. The molecule has 17 heavy (non-hydrogen) atoms. The molecule has 2 fully saturated rings. The zero-order valence-electron chi connectivity index (χ0n) is 10.9. The monoisotopic (exact) mass is 256 g/mol. The lowest BCUT2D eigenvalue weighted by Crippen LogP contribution is -2.51. The normalized spacial score (nSPS) is 27.3. The maximum Gasteiger partial charge on any atom is 0.239 e. The van der Waals surface area contributed by atoms with E-state index in [4.69, 9.17) is 0 Å². The first-order valence-corrected chi connectivity index (χ1v) is 8.07. The van der Waals surface area contributed by atoms with Crippen LogP contribution in [0.1, 0.15) is 39.0 Å². The molecule has 1 aliphatic carbocycles. The van der Waals surface area contributed by atoms with E-state index in [1.54, 1.807) is 0 Å². The molecule has 98 valence electrons. The van der Waals surface area contributed by atoms with Crippen molar-refractivity contribution in [3.05, 3.63) is 0 Å². The summed E-state index contributed by atoms with van der Waals surface area (Å²) in [5.41, 5.74) is 0. The number of rotatable bonds is 6. The zero-order chi connectivity index (χ0) is 12.3. The van der Waals surface area contributed by atoms with Gasteiger partial charge in [0, 0.05) is 24.4 Å². The average Bonchev–Trinajstić information content (AvgIpc) is 3.14. The third kappa shape index (κ3) is 3.88. The topological polar surface area (TPSA) is 32.3 Å². The summed E-state index contributed by atoms with van der Waals surface area (Å²) < 4.78 is 0. The van der Waals surface area contributed by atoms with Crippen LogP contribution in [-0.4, -0.2) is 47.5 Å². The highest BCUT2D eigenvalue weighted by molar-refractivity contribution is 7.99. The van der Waals surface area contributed by atoms with Crippen molar-refractivity contribution < 1.29 is 4.79 Å². The van der Waals surface area contributed by atoms with E-state index in [1.807, 2.05) is 11.8 Å². The van der Waals surface area contributed by atoms with Crippen molar-refractivity contribution in [2.45, 2.75) is 56.4 Å². The number of likely N-dealkylation sites (tertiary alicyclic amines) is 1. The quantitative estimate of drug-likeness (QED) is 0.787. The van der Waals surface area contributed by atoms with Crippen LogP contribution in [0.5, 0.6) is 0 Å². The molecular formula is C13H24N2OS. The number of carbonyl (C=O) groups excluding carboxylic acids is 1. The number of nitrogens with one attached hydrogen (secondary N) is 1. The van der Waals surface area contributed by atoms with Gasteiger partial charge in [0.15, 0.2) is 0 Å². The maximum absolute atomic E-state index is 12.2. The Labute approximate surface area is 109 Å². The van der Waals surface area contributed by atoms with Gasteiger partial charge in [0.2, 0.25) is 5.91 Å². The molecule has 2 aliphatic rings. The van der Waals surface area contributed by atoms with Gasteiger partial charge >= 0.3 is 0 Å². The second kappa shape index (κ2) is 6.10. The lowest BCUT2D eigenvalue weighted by Gasteiger charge is -2.33. The van der Waals surface area contributed by atoms with Gasteiger partial charge in [-0.3, -0.25) is 4.79 Å². The second-order valence-corrected chi connectivity index (χ2v) is 6.57. The summed E-state index contributed by atoms with van der Waals surface area (Å²) in [5.74, 6) is 0.344. The standard InChI is InChI=1S/C13H24N2OS/c1-10(17-2)7-9-15-8-3-4-12(13(15)16)14-11-5-6-11/h10-12,14H,3-9H2,1-2H3. The smallest absolute Gasteiger partial charge is 0.239 e. The van der Waals surface area contributed by atoms with Gasteiger partial charge in [0.25, 0.3) is 0 Å². The van der Waals surface area contributed by atoms with Crippen molar-refractivity contribution in [3.8, 4) is 0 Å². The molecule has 1 heterocycles. The molecule has 0 aromatic heterocycles. The highest BCUT2D eigenvalue weighted by atomic mass is 32.2. The third-order valence-corrected chi connectivity index (χ3v) is 4.79. The number of amides is 1. The van der Waals surface area contributed by atoms with Crippen LogP contribution in [0, 0.1) is 0 Å². The SMILES string of the molecule is CSC(C)CCN1CCCC(NC2CC2)C1=O. The van der Waals surface area contributed by atoms with Crippen LogP contribution in [0.15, 0.2) is 0 Å². The highest BCUT2D eigenvalue weighted by Gasteiger charge is 2.33. The minimum absolute atomic E-state index is 0.112. The Hall–Kier alpha value is -0.220. The second-order valence-electron chi connectivity index (χ2n) is 5.30. The summed E-state index contributed by atoms with van der Waals surface area (Å²) in [6.45, 7) is 4.13. The number of hydrogen-bond acceptors (Lipinski definition) is 3. The van der Waals surface area contributed by atoms with Crippen LogP contribution < -0.4 is 5.32 Å². The van der Waals surface area contributed by atoms with Gasteiger partial charge in [-0.1, -0.05) is 6.92 Å². The third-order valence-electron chi connectivity index (χ3n) is 3.75. The van der Waals surface area contributed by atoms with E-state index in [1.165, 1.54) is 12.8 Å². The number of piperidine rings is 1. The van der Waals surface area contributed by atoms with Gasteiger partial charge in [-0.05, 0) is 38.4 Å². The fraction of sp³-hybridized carbons (Fsp3) is 0.923. The summed E-state index contributed by atoms with van der Waals surface area (Å²) in [6, 6.07) is 0.745. The van der Waals surface area contributed by atoms with E-state index in [2.05, 4.69) is 23.4 Å². The average molecular weight is 256 g/mol. The van der Waals surface area contributed by atoms with Crippen molar-refractivity contribution in [3.63, 3.8) is 0 Å². The molecule has 1 aliphatic heterocycles. The molecule has 0 radical (unpaired) electrons. The van der Waals surface area contributed by atoms with Crippen molar-refractivity contribution in [2.24, 2.45) is 0 Å². The van der Waals surface area contributed by atoms with Crippen LogP contribution in [0.3, 0.4) is 0 Å². The molecule has 0 aromatic rings. The van der Waals surface area contributed by atoms with Crippen LogP contribution >= 0.6 is 11.8 Å². The molecular weight excluding hydrogens is 232 g/mol. The van der Waals surface area contributed by atoms with Gasteiger partial charge in [-0.25, -0.2) is 0 Å². The molecule has 0 aromatic carbocycles. The fourth-order valence-corrected chi connectivity index (χ4v) is 2.65. The Morgan fingerprint density at radius 3 is 2.88 bits per heavy atom. The Morgan fingerprint density at radius 2 is 2.24 bits per heavy atom. The molecule has 2 atom stereocenters. The first-order chi connectivity index (χ1) is 8.20. The van der Waals surface area contributed by atoms with E-state index in [0.717, 1.165) is 32.4 Å². The highest BCUT2D eigenvalue weighted by Crippen LogP contribution is 2.23. The summed E-state index contributed by atoms with van der Waals surface area (Å²) in [4.78, 5) is 14.3. The number of hydrogen-bond donors (Lipinski definition) is 1. The van der Waals surface area contributed by atoms with Crippen molar-refractivity contribution in [2.75, 3.05) is 19.3 Å². The molecule has 0 spiro atoms. The molecule has 1 amide bonds. The van der Waals surface area contributed by atoms with E-state index in [0.29, 0.717) is 17.2 Å². The van der Waals surface area contributed by atoms with Gasteiger partial charge in [-0.2, -0.15) is 11.8 Å².